The SMILES string of the molecule is c1ccc(-c2ccc(-c3nn4c(-c5ccccc5)c(-c5ccc(-c6nc(-c7ccccc7)nc7ccccc67)cc5)c5ccccc5c4c3-c3ccccc3)cc2)cc1. The van der Waals surface area contributed by atoms with E-state index in [-0.39, 0.29) is 0 Å². The Bertz CT molecular complexity index is 3270. The summed E-state index contributed by atoms with van der Waals surface area (Å²) in [5.41, 5.74) is 15.9. The molecule has 0 spiro atoms. The summed E-state index contributed by atoms with van der Waals surface area (Å²) in [6.45, 7) is 0. The van der Waals surface area contributed by atoms with Crippen molar-refractivity contribution in [3.05, 3.63) is 218 Å². The standard InChI is InChI=1S/C55H36N4/c1-5-17-37(18-6-1)38-29-33-42(34-30-38)52-50(39-19-7-2-8-20-39)54-46-26-14-13-25-45(46)49(53(59(54)58-52)43-21-9-3-10-22-43)40-31-35-41(36-32-40)51-47-27-15-16-28-48(47)56-55(57-51)44-23-11-4-12-24-44/h1-36H. The molecule has 0 bridgehead atoms. The molecule has 0 aliphatic carbocycles. The first-order valence-corrected chi connectivity index (χ1v) is 20.0. The van der Waals surface area contributed by atoms with Crippen molar-refractivity contribution in [1.29, 1.82) is 0 Å². The van der Waals surface area contributed by atoms with Gasteiger partial charge >= 0.3 is 0 Å². The van der Waals surface area contributed by atoms with Gasteiger partial charge < -0.3 is 0 Å². The Balaban J connectivity index is 1.16. The molecule has 0 N–H and O–H groups in total. The third kappa shape index (κ3) is 6.06. The Hall–Kier alpha value is -7.95. The lowest BCUT2D eigenvalue weighted by molar-refractivity contribution is 0.981. The van der Waals surface area contributed by atoms with Gasteiger partial charge in [0.15, 0.2) is 5.82 Å². The zero-order valence-corrected chi connectivity index (χ0v) is 32.1. The highest BCUT2D eigenvalue weighted by molar-refractivity contribution is 6.15. The number of hydrogen-bond donors (Lipinski definition) is 0. The number of fused-ring (bicyclic) bond motifs is 4. The van der Waals surface area contributed by atoms with Gasteiger partial charge in [-0.15, -0.1) is 0 Å². The van der Waals surface area contributed by atoms with Crippen molar-refractivity contribution in [3.8, 4) is 78.5 Å². The largest absolute Gasteiger partial charge is 0.231 e. The number of benzene rings is 8. The van der Waals surface area contributed by atoms with Gasteiger partial charge in [-0.1, -0.05) is 212 Å². The first kappa shape index (κ1) is 34.3. The van der Waals surface area contributed by atoms with Crippen molar-refractivity contribution in [1.82, 2.24) is 19.6 Å². The molecule has 3 aromatic heterocycles. The van der Waals surface area contributed by atoms with Gasteiger partial charge in [-0.25, -0.2) is 14.5 Å². The zero-order valence-electron chi connectivity index (χ0n) is 32.1. The topological polar surface area (TPSA) is 43.1 Å². The summed E-state index contributed by atoms with van der Waals surface area (Å²) in [5, 5.41) is 8.93. The molecule has 0 amide bonds. The maximum Gasteiger partial charge on any atom is 0.160 e. The van der Waals surface area contributed by atoms with Crippen molar-refractivity contribution >= 4 is 27.2 Å². The Labute approximate surface area is 342 Å². The van der Waals surface area contributed by atoms with Crippen molar-refractivity contribution < 1.29 is 0 Å². The highest BCUT2D eigenvalue weighted by Crippen LogP contribution is 2.46. The minimum absolute atomic E-state index is 0.713. The molecule has 4 nitrogen and oxygen atoms in total. The summed E-state index contributed by atoms with van der Waals surface area (Å²) in [6, 6.07) is 76.8. The second kappa shape index (κ2) is 14.5. The Morgan fingerprint density at radius 3 is 1.37 bits per heavy atom. The van der Waals surface area contributed by atoms with Gasteiger partial charge in [-0.2, -0.15) is 5.10 Å². The molecular weight excluding hydrogens is 717 g/mol. The fraction of sp³-hybridized carbons (Fsp3) is 0. The Kier molecular flexibility index (Phi) is 8.45. The minimum Gasteiger partial charge on any atom is -0.231 e. The van der Waals surface area contributed by atoms with Gasteiger partial charge in [0, 0.05) is 44.2 Å². The lowest BCUT2D eigenvalue weighted by Gasteiger charge is -2.18. The van der Waals surface area contributed by atoms with Crippen LogP contribution in [-0.4, -0.2) is 19.6 Å². The van der Waals surface area contributed by atoms with Crippen molar-refractivity contribution in [2.75, 3.05) is 0 Å². The van der Waals surface area contributed by atoms with Crippen molar-refractivity contribution in [3.63, 3.8) is 0 Å². The van der Waals surface area contributed by atoms with Crippen LogP contribution in [0.2, 0.25) is 0 Å². The van der Waals surface area contributed by atoms with E-state index < -0.39 is 0 Å². The van der Waals surface area contributed by atoms with Gasteiger partial charge in [0.25, 0.3) is 0 Å². The molecule has 0 aliphatic heterocycles. The number of pyridine rings is 1. The maximum atomic E-state index is 5.61. The van der Waals surface area contributed by atoms with Crippen molar-refractivity contribution in [2.24, 2.45) is 0 Å². The molecule has 4 heteroatoms. The minimum atomic E-state index is 0.713. The summed E-state index contributed by atoms with van der Waals surface area (Å²) < 4.78 is 2.20. The van der Waals surface area contributed by atoms with Crippen molar-refractivity contribution in [2.45, 2.75) is 0 Å². The summed E-state index contributed by atoms with van der Waals surface area (Å²) in [7, 11) is 0. The number of nitrogens with zero attached hydrogens (tertiary/aromatic N) is 4. The van der Waals surface area contributed by atoms with E-state index in [1.165, 1.54) is 11.1 Å². The van der Waals surface area contributed by atoms with E-state index in [0.29, 0.717) is 5.82 Å². The van der Waals surface area contributed by atoms with E-state index in [9.17, 15) is 0 Å². The smallest absolute Gasteiger partial charge is 0.160 e. The second-order valence-electron chi connectivity index (χ2n) is 14.8. The molecular formula is C55H36N4. The predicted molar refractivity (Wildman–Crippen MR) is 244 cm³/mol. The fourth-order valence-electron chi connectivity index (χ4n) is 8.46. The molecule has 0 saturated carbocycles. The first-order valence-electron chi connectivity index (χ1n) is 20.0. The molecule has 0 aliphatic rings. The van der Waals surface area contributed by atoms with Crippen LogP contribution in [0.15, 0.2) is 218 Å². The lowest BCUT2D eigenvalue weighted by Crippen LogP contribution is -2.00. The molecule has 0 atom stereocenters. The molecule has 0 unspecified atom stereocenters. The zero-order chi connectivity index (χ0) is 39.1. The normalized spacial score (nSPS) is 11.4. The summed E-state index contributed by atoms with van der Waals surface area (Å²) in [5.74, 6) is 0.713. The van der Waals surface area contributed by atoms with Crippen LogP contribution < -0.4 is 0 Å². The molecule has 0 saturated heterocycles. The average molecular weight is 753 g/mol. The van der Waals surface area contributed by atoms with Gasteiger partial charge in [-0.3, -0.25) is 0 Å². The number of para-hydroxylation sites is 1. The first-order chi connectivity index (χ1) is 29.3. The molecule has 276 valence electrons. The second-order valence-corrected chi connectivity index (χ2v) is 14.8. The number of hydrogen-bond acceptors (Lipinski definition) is 3. The highest BCUT2D eigenvalue weighted by Gasteiger charge is 2.25. The maximum absolute atomic E-state index is 5.61. The summed E-state index contributed by atoms with van der Waals surface area (Å²) >= 11 is 0. The van der Waals surface area contributed by atoms with E-state index in [0.717, 1.165) is 88.8 Å². The van der Waals surface area contributed by atoms with E-state index >= 15 is 0 Å². The van der Waals surface area contributed by atoms with E-state index in [1.54, 1.807) is 0 Å². The third-order valence-corrected chi connectivity index (χ3v) is 11.2. The molecule has 59 heavy (non-hydrogen) atoms. The van der Waals surface area contributed by atoms with E-state index in [2.05, 4.69) is 199 Å². The van der Waals surface area contributed by atoms with Crippen LogP contribution in [0, 0.1) is 0 Å². The molecule has 3 heterocycles. The van der Waals surface area contributed by atoms with Crippen LogP contribution in [0.4, 0.5) is 0 Å². The number of rotatable bonds is 7. The number of aromatic nitrogens is 4. The predicted octanol–water partition coefficient (Wildman–Crippen LogP) is 14.1. The van der Waals surface area contributed by atoms with Gasteiger partial charge in [0.2, 0.25) is 0 Å². The highest BCUT2D eigenvalue weighted by atomic mass is 15.2. The van der Waals surface area contributed by atoms with Crippen LogP contribution in [0.1, 0.15) is 0 Å². The van der Waals surface area contributed by atoms with Gasteiger partial charge in [0.05, 0.1) is 22.4 Å². The van der Waals surface area contributed by atoms with Crippen LogP contribution in [0.25, 0.3) is 106 Å². The van der Waals surface area contributed by atoms with E-state index in [4.69, 9.17) is 15.1 Å². The third-order valence-electron chi connectivity index (χ3n) is 11.2. The molecule has 11 aromatic rings. The summed E-state index contributed by atoms with van der Waals surface area (Å²) in [6.07, 6.45) is 0. The van der Waals surface area contributed by atoms with E-state index in [1.807, 2.05) is 24.3 Å². The monoisotopic (exact) mass is 752 g/mol. The van der Waals surface area contributed by atoms with Crippen LogP contribution in [-0.2, 0) is 0 Å². The molecule has 0 radical (unpaired) electrons. The molecule has 11 rings (SSSR count). The fourth-order valence-corrected chi connectivity index (χ4v) is 8.46. The van der Waals surface area contributed by atoms with Crippen LogP contribution in [0.5, 0.6) is 0 Å². The van der Waals surface area contributed by atoms with Crippen LogP contribution in [0.3, 0.4) is 0 Å². The lowest BCUT2D eigenvalue weighted by atomic mass is 9.90. The Morgan fingerprint density at radius 1 is 0.288 bits per heavy atom. The molecule has 0 fully saturated rings. The summed E-state index contributed by atoms with van der Waals surface area (Å²) in [4.78, 5) is 10.1. The van der Waals surface area contributed by atoms with Gasteiger partial charge in [0.1, 0.15) is 5.69 Å². The Morgan fingerprint density at radius 2 is 0.729 bits per heavy atom. The van der Waals surface area contributed by atoms with Gasteiger partial charge in [-0.05, 0) is 33.7 Å². The van der Waals surface area contributed by atoms with Crippen LogP contribution >= 0.6 is 0 Å². The average Bonchev–Trinajstić information content (AvgIpc) is 3.73. The quantitative estimate of drug-likeness (QED) is 0.163. The molecule has 8 aromatic carbocycles.